The Morgan fingerprint density at radius 3 is 2.50 bits per heavy atom. The maximum Gasteiger partial charge on any atom is 0.149 e. The van der Waals surface area contributed by atoms with Gasteiger partial charge in [-0.05, 0) is 12.8 Å². The molecule has 2 heteroatoms. The van der Waals surface area contributed by atoms with Gasteiger partial charge in [-0.3, -0.25) is 4.79 Å². The molecule has 0 aliphatic rings. The second-order valence-corrected chi connectivity index (χ2v) is 2.58. The molecule has 60 valence electrons. The van der Waals surface area contributed by atoms with Crippen molar-refractivity contribution in [2.24, 2.45) is 5.73 Å². The molecule has 0 aromatic rings. The quantitative estimate of drug-likeness (QED) is 0.633. The van der Waals surface area contributed by atoms with Crippen LogP contribution >= 0.6 is 0 Å². The van der Waals surface area contributed by atoms with E-state index in [2.05, 4.69) is 6.92 Å². The first kappa shape index (κ1) is 9.63. The zero-order valence-corrected chi connectivity index (χ0v) is 6.89. The predicted octanol–water partition coefficient (Wildman–Crippen LogP) is 1.48. The third-order valence-electron chi connectivity index (χ3n) is 1.63. The average molecular weight is 143 g/mol. The largest absolute Gasteiger partial charge is 0.322 e. The minimum atomic E-state index is -0.216. The molecule has 0 fully saturated rings. The molecule has 2 N–H and O–H groups in total. The molecule has 0 aliphatic carbocycles. The van der Waals surface area contributed by atoms with Crippen LogP contribution in [0.15, 0.2) is 0 Å². The van der Waals surface area contributed by atoms with Crippen LogP contribution in [0.25, 0.3) is 0 Å². The molecule has 0 saturated carbocycles. The summed E-state index contributed by atoms with van der Waals surface area (Å²) in [4.78, 5) is 11.0. The summed E-state index contributed by atoms with van der Waals surface area (Å²) in [5.74, 6) is 0.212. The Morgan fingerprint density at radius 1 is 1.50 bits per heavy atom. The summed E-state index contributed by atoms with van der Waals surface area (Å²) in [7, 11) is 0. The van der Waals surface area contributed by atoms with Crippen LogP contribution in [-0.4, -0.2) is 11.8 Å². The minimum Gasteiger partial charge on any atom is -0.322 e. The Morgan fingerprint density at radius 2 is 2.10 bits per heavy atom. The first-order valence-electron chi connectivity index (χ1n) is 4.00. The van der Waals surface area contributed by atoms with Gasteiger partial charge in [0, 0.05) is 6.42 Å². The molecular formula is C8H17NO. The van der Waals surface area contributed by atoms with Crippen molar-refractivity contribution in [3.8, 4) is 0 Å². The van der Waals surface area contributed by atoms with E-state index in [1.54, 1.807) is 0 Å². The predicted molar refractivity (Wildman–Crippen MR) is 42.8 cm³/mol. The lowest BCUT2D eigenvalue weighted by Gasteiger charge is -2.05. The first-order chi connectivity index (χ1) is 4.72. The van der Waals surface area contributed by atoms with Gasteiger partial charge in [0.1, 0.15) is 5.78 Å². The van der Waals surface area contributed by atoms with Gasteiger partial charge in [-0.1, -0.05) is 20.3 Å². The number of carbonyl (C=O) groups is 1. The smallest absolute Gasteiger partial charge is 0.149 e. The van der Waals surface area contributed by atoms with E-state index in [9.17, 15) is 4.79 Å². The summed E-state index contributed by atoms with van der Waals surface area (Å²) >= 11 is 0. The molecule has 10 heavy (non-hydrogen) atoms. The third kappa shape index (κ3) is 3.62. The summed E-state index contributed by atoms with van der Waals surface area (Å²) < 4.78 is 0. The normalized spacial score (nSPS) is 13.1. The number of ketones is 1. The summed E-state index contributed by atoms with van der Waals surface area (Å²) in [5, 5.41) is 0. The van der Waals surface area contributed by atoms with Crippen molar-refractivity contribution in [3.63, 3.8) is 0 Å². The number of hydrogen-bond donors (Lipinski definition) is 1. The van der Waals surface area contributed by atoms with E-state index in [4.69, 9.17) is 5.73 Å². The zero-order valence-electron chi connectivity index (χ0n) is 6.89. The Balaban J connectivity index is 3.42. The fourth-order valence-electron chi connectivity index (χ4n) is 0.764. The summed E-state index contributed by atoms with van der Waals surface area (Å²) in [6, 6.07) is -0.216. The number of unbranched alkanes of at least 4 members (excludes halogenated alkanes) is 1. The second kappa shape index (κ2) is 5.42. The van der Waals surface area contributed by atoms with Crippen LogP contribution in [0.1, 0.15) is 39.5 Å². The highest BCUT2D eigenvalue weighted by Gasteiger charge is 2.08. The van der Waals surface area contributed by atoms with Crippen LogP contribution in [0.2, 0.25) is 0 Å². The molecule has 0 amide bonds. The van der Waals surface area contributed by atoms with E-state index >= 15 is 0 Å². The maximum absolute atomic E-state index is 11.0. The molecule has 2 nitrogen and oxygen atoms in total. The fourth-order valence-corrected chi connectivity index (χ4v) is 0.764. The van der Waals surface area contributed by atoms with Crippen molar-refractivity contribution in [3.05, 3.63) is 0 Å². The first-order valence-corrected chi connectivity index (χ1v) is 4.00. The average Bonchev–Trinajstić information content (AvgIpc) is 1.98. The van der Waals surface area contributed by atoms with Gasteiger partial charge >= 0.3 is 0 Å². The monoisotopic (exact) mass is 143 g/mol. The number of hydrogen-bond acceptors (Lipinski definition) is 2. The lowest BCUT2D eigenvalue weighted by atomic mass is 10.1. The highest BCUT2D eigenvalue weighted by molar-refractivity contribution is 5.83. The van der Waals surface area contributed by atoms with Gasteiger partial charge in [-0.25, -0.2) is 0 Å². The van der Waals surface area contributed by atoms with Crippen LogP contribution < -0.4 is 5.73 Å². The van der Waals surface area contributed by atoms with E-state index in [0.717, 1.165) is 19.3 Å². The van der Waals surface area contributed by atoms with E-state index in [-0.39, 0.29) is 11.8 Å². The topological polar surface area (TPSA) is 43.1 Å². The van der Waals surface area contributed by atoms with Gasteiger partial charge in [-0.15, -0.1) is 0 Å². The van der Waals surface area contributed by atoms with Crippen LogP contribution in [0.5, 0.6) is 0 Å². The second-order valence-electron chi connectivity index (χ2n) is 2.58. The molecule has 0 aliphatic heterocycles. The summed E-state index contributed by atoms with van der Waals surface area (Å²) in [5.41, 5.74) is 5.51. The van der Waals surface area contributed by atoms with Crippen molar-refractivity contribution >= 4 is 5.78 Å². The third-order valence-corrected chi connectivity index (χ3v) is 1.63. The van der Waals surface area contributed by atoms with Gasteiger partial charge in [-0.2, -0.15) is 0 Å². The molecule has 0 saturated heterocycles. The lowest BCUT2D eigenvalue weighted by molar-refractivity contribution is -0.120. The van der Waals surface area contributed by atoms with Gasteiger partial charge in [0.05, 0.1) is 6.04 Å². The van der Waals surface area contributed by atoms with Gasteiger partial charge in [0.15, 0.2) is 0 Å². The van der Waals surface area contributed by atoms with E-state index in [1.165, 1.54) is 0 Å². The number of nitrogens with two attached hydrogens (primary N) is 1. The molecule has 0 unspecified atom stereocenters. The number of carbonyl (C=O) groups excluding carboxylic acids is 1. The van der Waals surface area contributed by atoms with E-state index < -0.39 is 0 Å². The molecule has 0 rings (SSSR count). The molecule has 1 atom stereocenters. The van der Waals surface area contributed by atoms with Crippen LogP contribution in [0.3, 0.4) is 0 Å². The highest BCUT2D eigenvalue weighted by Crippen LogP contribution is 1.99. The van der Waals surface area contributed by atoms with Crippen molar-refractivity contribution in [2.45, 2.75) is 45.6 Å². The Bertz CT molecular complexity index is 101. The van der Waals surface area contributed by atoms with Crippen molar-refractivity contribution in [1.82, 2.24) is 0 Å². The Labute approximate surface area is 62.8 Å². The van der Waals surface area contributed by atoms with Crippen LogP contribution in [0, 0.1) is 0 Å². The molecule has 0 bridgehead atoms. The molecule has 0 aromatic carbocycles. The van der Waals surface area contributed by atoms with Crippen LogP contribution in [-0.2, 0) is 4.79 Å². The van der Waals surface area contributed by atoms with Crippen molar-refractivity contribution in [1.29, 1.82) is 0 Å². The Kier molecular flexibility index (Phi) is 5.22. The standard InChI is InChI=1S/C8H17NO/c1-3-5-6-8(10)7(9)4-2/h7H,3-6,9H2,1-2H3/t7-/m0/s1. The number of rotatable bonds is 5. The zero-order chi connectivity index (χ0) is 7.98. The van der Waals surface area contributed by atoms with Gasteiger partial charge in [0.25, 0.3) is 0 Å². The highest BCUT2D eigenvalue weighted by atomic mass is 16.1. The van der Waals surface area contributed by atoms with E-state index in [0.29, 0.717) is 6.42 Å². The SMILES string of the molecule is CCCCC(=O)[C@@H](N)CC. The van der Waals surface area contributed by atoms with Crippen molar-refractivity contribution < 1.29 is 4.79 Å². The Hall–Kier alpha value is -0.370. The maximum atomic E-state index is 11.0. The summed E-state index contributed by atoms with van der Waals surface area (Å²) in [6.45, 7) is 4.01. The number of Topliss-reactive ketones (excluding diaryl/α,β-unsaturated/α-hetero) is 1. The van der Waals surface area contributed by atoms with Crippen molar-refractivity contribution in [2.75, 3.05) is 0 Å². The minimum absolute atomic E-state index is 0.212. The molecular weight excluding hydrogens is 126 g/mol. The lowest BCUT2D eigenvalue weighted by Crippen LogP contribution is -2.29. The van der Waals surface area contributed by atoms with Crippen LogP contribution in [0.4, 0.5) is 0 Å². The molecule has 0 spiro atoms. The van der Waals surface area contributed by atoms with Gasteiger partial charge in [0.2, 0.25) is 0 Å². The van der Waals surface area contributed by atoms with E-state index in [1.807, 2.05) is 6.92 Å². The van der Waals surface area contributed by atoms with Gasteiger partial charge < -0.3 is 5.73 Å². The molecule has 0 radical (unpaired) electrons. The summed E-state index contributed by atoms with van der Waals surface area (Å²) in [6.07, 6.45) is 3.47. The molecule has 0 heterocycles. The fraction of sp³-hybridized carbons (Fsp3) is 0.875. The molecule has 0 aromatic heterocycles.